The van der Waals surface area contributed by atoms with Crippen molar-refractivity contribution in [3.63, 3.8) is 0 Å². The number of nitrogens with one attached hydrogen (secondary N) is 1. The predicted molar refractivity (Wildman–Crippen MR) is 119 cm³/mol. The summed E-state index contributed by atoms with van der Waals surface area (Å²) in [6.45, 7) is 0. The van der Waals surface area contributed by atoms with Gasteiger partial charge in [-0.15, -0.1) is 0 Å². The zero-order chi connectivity index (χ0) is 23.8. The fourth-order valence-corrected chi connectivity index (χ4v) is 5.61. The summed E-state index contributed by atoms with van der Waals surface area (Å²) in [6.07, 6.45) is 0. The van der Waals surface area contributed by atoms with Crippen molar-refractivity contribution in [1.29, 1.82) is 5.26 Å². The molecule has 0 aliphatic heterocycles. The van der Waals surface area contributed by atoms with Crippen LogP contribution in [0.15, 0.2) is 87.0 Å². The lowest BCUT2D eigenvalue weighted by atomic mass is 10.0. The van der Waals surface area contributed by atoms with Gasteiger partial charge in [-0.2, -0.15) is 5.26 Å². The number of furan rings is 1. The highest BCUT2D eigenvalue weighted by molar-refractivity contribution is 7.92. The van der Waals surface area contributed by atoms with E-state index in [4.69, 9.17) is 9.56 Å². The van der Waals surface area contributed by atoms with E-state index < -0.39 is 35.7 Å². The molecule has 11 heteroatoms. The molecule has 0 fully saturated rings. The third-order valence-corrected chi connectivity index (χ3v) is 7.25. The van der Waals surface area contributed by atoms with E-state index in [9.17, 15) is 26.9 Å². The third-order valence-electron chi connectivity index (χ3n) is 4.77. The largest absolute Gasteiger partial charge is 0.456 e. The van der Waals surface area contributed by atoms with Crippen molar-refractivity contribution in [2.24, 2.45) is 5.14 Å². The summed E-state index contributed by atoms with van der Waals surface area (Å²) in [5.74, 6) is -0.638. The fourth-order valence-electron chi connectivity index (χ4n) is 3.25. The number of primary sulfonamides is 1. The Morgan fingerprint density at radius 2 is 1.58 bits per heavy atom. The van der Waals surface area contributed by atoms with Crippen LogP contribution >= 0.6 is 0 Å². The van der Waals surface area contributed by atoms with Crippen LogP contribution in [0.3, 0.4) is 0 Å². The molecule has 0 aliphatic rings. The van der Waals surface area contributed by atoms with Gasteiger partial charge in [0.05, 0.1) is 11.6 Å². The molecule has 1 heterocycles. The van der Waals surface area contributed by atoms with Crippen molar-refractivity contribution in [1.82, 2.24) is 4.72 Å². The van der Waals surface area contributed by atoms with Crippen molar-refractivity contribution in [3.8, 4) is 17.4 Å². The summed E-state index contributed by atoms with van der Waals surface area (Å²) in [4.78, 5) is 11.3. The van der Waals surface area contributed by atoms with Crippen LogP contribution in [-0.4, -0.2) is 22.7 Å². The van der Waals surface area contributed by atoms with Crippen LogP contribution in [0.5, 0.6) is 0 Å². The van der Waals surface area contributed by atoms with E-state index in [-0.39, 0.29) is 11.1 Å². The number of hydrogen-bond donors (Lipinski definition) is 2. The van der Waals surface area contributed by atoms with Gasteiger partial charge in [0.15, 0.2) is 0 Å². The molecule has 166 valence electrons. The lowest BCUT2D eigenvalue weighted by molar-refractivity contribution is 0.0981. The third kappa shape index (κ3) is 4.35. The molecule has 0 saturated carbocycles. The Kier molecular flexibility index (Phi) is 5.51. The van der Waals surface area contributed by atoms with Crippen LogP contribution in [0.2, 0.25) is 0 Å². The van der Waals surface area contributed by atoms with Crippen LogP contribution < -0.4 is 9.86 Å². The van der Waals surface area contributed by atoms with Gasteiger partial charge in [-0.3, -0.25) is 4.79 Å². The number of amides is 1. The number of nitriles is 1. The molecule has 0 radical (unpaired) electrons. The molecule has 4 aromatic rings. The summed E-state index contributed by atoms with van der Waals surface area (Å²) < 4.78 is 56.4. The predicted octanol–water partition coefficient (Wildman–Crippen LogP) is 2.74. The number of para-hydroxylation sites is 1. The highest BCUT2D eigenvalue weighted by Crippen LogP contribution is 2.30. The van der Waals surface area contributed by atoms with Crippen molar-refractivity contribution >= 4 is 36.9 Å². The van der Waals surface area contributed by atoms with E-state index in [2.05, 4.69) is 0 Å². The van der Waals surface area contributed by atoms with Crippen LogP contribution in [0.4, 0.5) is 0 Å². The second kappa shape index (κ2) is 8.18. The number of fused-ring (bicyclic) bond motifs is 1. The zero-order valence-electron chi connectivity index (χ0n) is 16.7. The highest BCUT2D eigenvalue weighted by atomic mass is 32.2. The average Bonchev–Trinajstić information content (AvgIpc) is 3.22. The summed E-state index contributed by atoms with van der Waals surface area (Å²) in [5, 5.41) is 15.5. The van der Waals surface area contributed by atoms with Gasteiger partial charge >= 0.3 is 0 Å². The molecule has 0 spiro atoms. The van der Waals surface area contributed by atoms with Crippen LogP contribution in [0.1, 0.15) is 15.9 Å². The standard InChI is InChI=1S/C22H15N3O6S2/c23-13-16-11-15(9-10-17(16)19-12-14-5-1-2-6-18(14)31-19)22(26)25-33(29,30)21-8-4-3-7-20(21)32(24,27)28/h1-12H,(H,25,26)(H2,24,27,28). The minimum atomic E-state index is -4.58. The number of carbonyl (C=O) groups is 1. The monoisotopic (exact) mass is 481 g/mol. The molecule has 3 aromatic carbocycles. The molecule has 4 rings (SSSR count). The van der Waals surface area contributed by atoms with Crippen LogP contribution in [0.25, 0.3) is 22.3 Å². The maximum absolute atomic E-state index is 12.7. The van der Waals surface area contributed by atoms with E-state index in [1.165, 1.54) is 30.3 Å². The van der Waals surface area contributed by atoms with E-state index in [1.54, 1.807) is 12.1 Å². The molecule has 1 aromatic heterocycles. The van der Waals surface area contributed by atoms with Gasteiger partial charge in [-0.25, -0.2) is 26.7 Å². The number of nitrogens with zero attached hydrogens (tertiary/aromatic N) is 1. The molecule has 3 N–H and O–H groups in total. The highest BCUT2D eigenvalue weighted by Gasteiger charge is 2.26. The van der Waals surface area contributed by atoms with E-state index in [0.717, 1.165) is 17.5 Å². The summed E-state index contributed by atoms with van der Waals surface area (Å²) in [6, 6.07) is 19.6. The average molecular weight is 482 g/mol. The van der Waals surface area contributed by atoms with Crippen LogP contribution in [0, 0.1) is 11.3 Å². The Morgan fingerprint density at radius 1 is 0.909 bits per heavy atom. The second-order valence-electron chi connectivity index (χ2n) is 6.95. The molecule has 0 saturated heterocycles. The first-order valence-electron chi connectivity index (χ1n) is 9.32. The summed E-state index contributed by atoms with van der Waals surface area (Å²) >= 11 is 0. The molecule has 33 heavy (non-hydrogen) atoms. The topological polar surface area (TPSA) is 160 Å². The van der Waals surface area contributed by atoms with Crippen molar-refractivity contribution in [2.45, 2.75) is 9.79 Å². The van der Waals surface area contributed by atoms with Gasteiger partial charge in [-0.05, 0) is 42.5 Å². The minimum absolute atomic E-state index is 0.0871. The normalized spacial score (nSPS) is 11.8. The van der Waals surface area contributed by atoms with Gasteiger partial charge < -0.3 is 4.42 Å². The SMILES string of the molecule is N#Cc1cc(C(=O)NS(=O)(=O)c2ccccc2S(N)(=O)=O)ccc1-c1cc2ccccc2o1. The first kappa shape index (κ1) is 22.2. The number of rotatable bonds is 5. The molecule has 1 amide bonds. The Labute approximate surface area is 189 Å². The first-order chi connectivity index (χ1) is 15.6. The smallest absolute Gasteiger partial charge is 0.265 e. The van der Waals surface area contributed by atoms with Gasteiger partial charge in [0.1, 0.15) is 21.1 Å². The van der Waals surface area contributed by atoms with E-state index in [0.29, 0.717) is 16.9 Å². The summed E-state index contributed by atoms with van der Waals surface area (Å²) in [5.41, 5.74) is 1.01. The second-order valence-corrected chi connectivity index (χ2v) is 10.1. The van der Waals surface area contributed by atoms with E-state index >= 15 is 0 Å². The lowest BCUT2D eigenvalue weighted by Crippen LogP contribution is -2.32. The van der Waals surface area contributed by atoms with Crippen molar-refractivity contribution < 1.29 is 26.0 Å². The lowest BCUT2D eigenvalue weighted by Gasteiger charge is -2.11. The molecule has 0 bridgehead atoms. The quantitative estimate of drug-likeness (QED) is 0.443. The van der Waals surface area contributed by atoms with Crippen molar-refractivity contribution in [3.05, 3.63) is 83.9 Å². The Bertz CT molecular complexity index is 1630. The fraction of sp³-hybridized carbons (Fsp3) is 0. The van der Waals surface area contributed by atoms with Gasteiger partial charge in [-0.1, -0.05) is 30.3 Å². The van der Waals surface area contributed by atoms with Crippen molar-refractivity contribution in [2.75, 3.05) is 0 Å². The van der Waals surface area contributed by atoms with Gasteiger partial charge in [0.2, 0.25) is 10.0 Å². The number of hydrogen-bond acceptors (Lipinski definition) is 7. The molecule has 0 unspecified atom stereocenters. The molecule has 0 atom stereocenters. The maximum Gasteiger partial charge on any atom is 0.265 e. The summed E-state index contributed by atoms with van der Waals surface area (Å²) in [7, 11) is -8.94. The maximum atomic E-state index is 12.7. The molecule has 0 aliphatic carbocycles. The number of carbonyl (C=O) groups excluding carboxylic acids is 1. The number of benzene rings is 3. The Hall–Kier alpha value is -3.98. The molecular formula is C22H15N3O6S2. The molecular weight excluding hydrogens is 466 g/mol. The number of sulfonamides is 2. The van der Waals surface area contributed by atoms with Gasteiger partial charge in [0, 0.05) is 16.5 Å². The van der Waals surface area contributed by atoms with Gasteiger partial charge in [0.25, 0.3) is 15.9 Å². The Balaban J connectivity index is 1.68. The first-order valence-corrected chi connectivity index (χ1v) is 12.4. The van der Waals surface area contributed by atoms with Crippen LogP contribution in [-0.2, 0) is 20.0 Å². The Morgan fingerprint density at radius 3 is 2.24 bits per heavy atom. The van der Waals surface area contributed by atoms with E-state index in [1.807, 2.05) is 29.0 Å². The minimum Gasteiger partial charge on any atom is -0.456 e. The zero-order valence-corrected chi connectivity index (χ0v) is 18.4. The molecule has 9 nitrogen and oxygen atoms in total. The number of nitrogens with two attached hydrogens (primary N) is 1.